The molecule has 0 saturated heterocycles. The Balaban J connectivity index is 1.39. The topological polar surface area (TPSA) is 0 Å². The van der Waals surface area contributed by atoms with Crippen LogP contribution in [0.1, 0.15) is 56.4 Å². The normalized spacial score (nSPS) is 44.3. The number of hydrogen-bond donors (Lipinski definition) is 0. The van der Waals surface area contributed by atoms with Gasteiger partial charge in [-0.1, -0.05) is 34.7 Å². The average molecular weight is 370 g/mol. The van der Waals surface area contributed by atoms with Crippen molar-refractivity contribution in [2.45, 2.75) is 54.3 Å². The van der Waals surface area contributed by atoms with Gasteiger partial charge in [-0.05, 0) is 79.9 Å². The molecule has 1 aromatic carbocycles. The van der Waals surface area contributed by atoms with Gasteiger partial charge in [0.05, 0.1) is 0 Å². The van der Waals surface area contributed by atoms with Crippen molar-refractivity contribution < 1.29 is 4.39 Å². The zero-order chi connectivity index (χ0) is 13.1. The molecule has 0 amide bonds. The molecule has 0 aromatic heterocycles. The third-order valence-corrected chi connectivity index (χ3v) is 7.09. The van der Waals surface area contributed by atoms with E-state index in [1.165, 1.54) is 50.5 Å². The lowest BCUT2D eigenvalue weighted by Gasteiger charge is -2.72. The van der Waals surface area contributed by atoms with E-state index in [4.69, 9.17) is 0 Å². The van der Waals surface area contributed by atoms with Crippen LogP contribution in [0.2, 0.25) is 0 Å². The minimum absolute atomic E-state index is 0.112. The van der Waals surface area contributed by atoms with Crippen molar-refractivity contribution in [1.82, 2.24) is 0 Å². The van der Waals surface area contributed by atoms with E-state index in [0.29, 0.717) is 9.34 Å². The summed E-state index contributed by atoms with van der Waals surface area (Å²) in [6.45, 7) is 0. The Bertz CT molecular complexity index is 465. The Kier molecular flexibility index (Phi) is 2.78. The van der Waals surface area contributed by atoms with Crippen LogP contribution in [0, 0.1) is 17.2 Å². The van der Waals surface area contributed by atoms with Crippen LogP contribution in [0.5, 0.6) is 0 Å². The Hall–Kier alpha value is -0.120. The van der Waals surface area contributed by atoms with E-state index in [9.17, 15) is 4.39 Å². The lowest BCUT2D eigenvalue weighted by Crippen LogP contribution is -2.66. The van der Waals surface area contributed by atoms with Gasteiger partial charge in [-0.2, -0.15) is 0 Å². The molecule has 4 saturated carbocycles. The van der Waals surface area contributed by atoms with Gasteiger partial charge in [0.25, 0.3) is 0 Å². The fourth-order valence-corrected chi connectivity index (χ4v) is 7.22. The maximum atomic E-state index is 13.0. The molecule has 4 fully saturated rings. The molecule has 0 radical (unpaired) electrons. The molecular weight excluding hydrogens is 350 g/mol. The Morgan fingerprint density at radius 2 is 1.53 bits per heavy atom. The first kappa shape index (κ1) is 12.6. The van der Waals surface area contributed by atoms with Crippen LogP contribution in [0.25, 0.3) is 0 Å². The molecule has 0 N–H and O–H groups in total. The highest BCUT2D eigenvalue weighted by atomic mass is 127. The molecule has 0 spiro atoms. The summed E-state index contributed by atoms with van der Waals surface area (Å²) in [5, 5.41) is 0. The minimum Gasteiger partial charge on any atom is -0.207 e. The van der Waals surface area contributed by atoms with Gasteiger partial charge in [-0.15, -0.1) is 0 Å². The zero-order valence-electron chi connectivity index (χ0n) is 11.2. The van der Waals surface area contributed by atoms with Crippen molar-refractivity contribution in [3.8, 4) is 0 Å². The van der Waals surface area contributed by atoms with Crippen LogP contribution in [0.4, 0.5) is 4.39 Å². The molecule has 2 heteroatoms. The molecule has 0 heterocycles. The van der Waals surface area contributed by atoms with Crippen LogP contribution in [-0.4, -0.2) is 3.42 Å². The van der Waals surface area contributed by atoms with Gasteiger partial charge in [-0.25, -0.2) is 4.39 Å². The molecule has 102 valence electrons. The van der Waals surface area contributed by atoms with Gasteiger partial charge >= 0.3 is 0 Å². The van der Waals surface area contributed by atoms with E-state index >= 15 is 0 Å². The SMILES string of the molecule is Fc1ccc(C2CCC(C34CC(I)(C3)C4)CC2)cc1. The van der Waals surface area contributed by atoms with E-state index in [-0.39, 0.29) is 5.82 Å². The predicted octanol–water partition coefficient (Wildman–Crippen LogP) is 5.46. The lowest BCUT2D eigenvalue weighted by atomic mass is 9.38. The van der Waals surface area contributed by atoms with E-state index in [1.54, 1.807) is 12.1 Å². The van der Waals surface area contributed by atoms with E-state index < -0.39 is 0 Å². The number of benzene rings is 1. The highest BCUT2D eigenvalue weighted by molar-refractivity contribution is 14.1. The monoisotopic (exact) mass is 370 g/mol. The van der Waals surface area contributed by atoms with Crippen molar-refractivity contribution >= 4 is 22.6 Å². The van der Waals surface area contributed by atoms with Crippen LogP contribution < -0.4 is 0 Å². The fraction of sp³-hybridized carbons (Fsp3) is 0.647. The third-order valence-electron chi connectivity index (χ3n) is 5.94. The van der Waals surface area contributed by atoms with Gasteiger partial charge < -0.3 is 0 Å². The van der Waals surface area contributed by atoms with Crippen LogP contribution in [0.15, 0.2) is 24.3 Å². The molecule has 5 rings (SSSR count). The Labute approximate surface area is 128 Å². The summed E-state index contributed by atoms with van der Waals surface area (Å²) >= 11 is 2.68. The number of hydrogen-bond acceptors (Lipinski definition) is 0. The number of halogens is 2. The molecule has 19 heavy (non-hydrogen) atoms. The van der Waals surface area contributed by atoms with E-state index in [0.717, 1.165) is 11.3 Å². The largest absolute Gasteiger partial charge is 0.207 e. The molecule has 2 bridgehead atoms. The number of alkyl halides is 1. The summed E-state index contributed by atoms with van der Waals surface area (Å²) in [7, 11) is 0. The van der Waals surface area contributed by atoms with Crippen molar-refractivity contribution in [1.29, 1.82) is 0 Å². The molecule has 0 nitrogen and oxygen atoms in total. The molecular formula is C17H20FI. The van der Waals surface area contributed by atoms with Crippen molar-refractivity contribution in [2.24, 2.45) is 11.3 Å². The van der Waals surface area contributed by atoms with Crippen LogP contribution in [-0.2, 0) is 0 Å². The zero-order valence-corrected chi connectivity index (χ0v) is 13.3. The summed E-state index contributed by atoms with van der Waals surface area (Å²) in [4.78, 5) is 0. The van der Waals surface area contributed by atoms with E-state index in [1.807, 2.05) is 12.1 Å². The van der Waals surface area contributed by atoms with Gasteiger partial charge in [0.1, 0.15) is 5.82 Å². The summed E-state index contributed by atoms with van der Waals surface area (Å²) in [5.74, 6) is 1.55. The second-order valence-corrected chi connectivity index (χ2v) is 9.43. The summed E-state index contributed by atoms with van der Waals surface area (Å²) in [5.41, 5.74) is 2.11. The molecule has 4 aliphatic rings. The molecule has 0 unspecified atom stereocenters. The summed E-state index contributed by atoms with van der Waals surface area (Å²) < 4.78 is 13.7. The summed E-state index contributed by atoms with van der Waals surface area (Å²) in [6, 6.07) is 7.20. The maximum absolute atomic E-state index is 13.0. The lowest BCUT2D eigenvalue weighted by molar-refractivity contribution is -0.125. The fourth-order valence-electron chi connectivity index (χ4n) is 4.94. The van der Waals surface area contributed by atoms with Gasteiger partial charge in [0.2, 0.25) is 0 Å². The Morgan fingerprint density at radius 1 is 0.947 bits per heavy atom. The average Bonchev–Trinajstić information content (AvgIpc) is 2.35. The highest BCUT2D eigenvalue weighted by Gasteiger charge is 2.68. The third kappa shape index (κ3) is 1.97. The molecule has 4 aliphatic carbocycles. The first-order chi connectivity index (χ1) is 9.09. The van der Waals surface area contributed by atoms with Gasteiger partial charge in [-0.3, -0.25) is 0 Å². The molecule has 1 aromatic rings. The molecule has 0 aliphatic heterocycles. The number of rotatable bonds is 2. The Morgan fingerprint density at radius 3 is 2.05 bits per heavy atom. The van der Waals surface area contributed by atoms with Crippen LogP contribution >= 0.6 is 22.6 Å². The van der Waals surface area contributed by atoms with Gasteiger partial charge in [0.15, 0.2) is 0 Å². The van der Waals surface area contributed by atoms with Crippen molar-refractivity contribution in [3.05, 3.63) is 35.6 Å². The predicted molar refractivity (Wildman–Crippen MR) is 84.1 cm³/mol. The van der Waals surface area contributed by atoms with Crippen molar-refractivity contribution in [3.63, 3.8) is 0 Å². The van der Waals surface area contributed by atoms with Crippen LogP contribution in [0.3, 0.4) is 0 Å². The first-order valence-electron chi connectivity index (χ1n) is 7.53. The first-order valence-corrected chi connectivity index (χ1v) is 8.61. The van der Waals surface area contributed by atoms with Crippen molar-refractivity contribution in [2.75, 3.05) is 0 Å². The summed E-state index contributed by atoms with van der Waals surface area (Å²) in [6.07, 6.45) is 9.90. The molecule has 0 atom stereocenters. The second kappa shape index (κ2) is 4.19. The smallest absolute Gasteiger partial charge is 0.123 e. The second-order valence-electron chi connectivity index (χ2n) is 7.14. The quantitative estimate of drug-likeness (QED) is 0.479. The standard InChI is InChI=1S/C17H20FI/c18-15-7-3-13(4-8-15)12-1-5-14(6-2-12)16-9-17(19,10-16)11-16/h3-4,7-8,12,14H,1-2,5-6,9-11H2. The maximum Gasteiger partial charge on any atom is 0.123 e. The highest BCUT2D eigenvalue weighted by Crippen LogP contribution is 2.76. The van der Waals surface area contributed by atoms with E-state index in [2.05, 4.69) is 22.6 Å². The van der Waals surface area contributed by atoms with Gasteiger partial charge in [0, 0.05) is 3.42 Å². The minimum atomic E-state index is -0.112.